The van der Waals surface area contributed by atoms with Crippen LogP contribution in [0.3, 0.4) is 0 Å². The van der Waals surface area contributed by atoms with Crippen molar-refractivity contribution in [2.24, 2.45) is 17.6 Å². The molecule has 3 heterocycles. The Morgan fingerprint density at radius 1 is 1.33 bits per heavy atom. The average molecular weight is 370 g/mol. The highest BCUT2D eigenvalue weighted by Crippen LogP contribution is 2.60. The minimum Gasteiger partial charge on any atom is -0.460 e. The predicted molar refractivity (Wildman–Crippen MR) is 95.0 cm³/mol. The number of amides is 2. The summed E-state index contributed by atoms with van der Waals surface area (Å²) in [5.74, 6) is -2.80. The quantitative estimate of drug-likeness (QED) is 0.610. The minimum atomic E-state index is -0.901. The predicted octanol–water partition coefficient (Wildman–Crippen LogP) is 0.777. The number of fused-ring (bicyclic) bond motifs is 1. The Balaban J connectivity index is 1.60. The standard InChI is InChI=1S/C20H22N2O5/c1-12-8-20-11-22(9-14(21)23)17(24)15(20)16(19(12,2)27-20)18(25)26-10-13-6-4-3-5-7-13/h3-8,15-16H,9-11H2,1-2H3,(H2,21,23)/t15-,16+,19+,20+/m0/s1. The summed E-state index contributed by atoms with van der Waals surface area (Å²) in [5.41, 5.74) is 5.24. The van der Waals surface area contributed by atoms with E-state index < -0.39 is 34.9 Å². The van der Waals surface area contributed by atoms with Gasteiger partial charge in [0.1, 0.15) is 23.7 Å². The van der Waals surface area contributed by atoms with Gasteiger partial charge in [0.25, 0.3) is 0 Å². The van der Waals surface area contributed by atoms with E-state index in [9.17, 15) is 14.4 Å². The molecule has 142 valence electrons. The van der Waals surface area contributed by atoms with E-state index >= 15 is 0 Å². The second-order valence-electron chi connectivity index (χ2n) is 7.70. The van der Waals surface area contributed by atoms with Gasteiger partial charge in [-0.1, -0.05) is 30.3 Å². The number of ether oxygens (including phenoxy) is 2. The van der Waals surface area contributed by atoms with Crippen LogP contribution in [-0.2, 0) is 30.5 Å². The van der Waals surface area contributed by atoms with Crippen molar-refractivity contribution in [1.82, 2.24) is 4.90 Å². The fourth-order valence-corrected chi connectivity index (χ4v) is 4.68. The van der Waals surface area contributed by atoms with E-state index in [2.05, 4.69) is 0 Å². The van der Waals surface area contributed by atoms with Crippen LogP contribution >= 0.6 is 0 Å². The molecule has 3 aliphatic heterocycles. The smallest absolute Gasteiger partial charge is 0.313 e. The van der Waals surface area contributed by atoms with Gasteiger partial charge in [0, 0.05) is 0 Å². The van der Waals surface area contributed by atoms with Crippen molar-refractivity contribution < 1.29 is 23.9 Å². The number of nitrogens with two attached hydrogens (primary N) is 1. The molecule has 2 fully saturated rings. The number of hydrogen-bond acceptors (Lipinski definition) is 5. The first-order valence-electron chi connectivity index (χ1n) is 8.94. The monoisotopic (exact) mass is 370 g/mol. The highest BCUT2D eigenvalue weighted by Gasteiger charge is 2.73. The SMILES string of the molecule is CC1=C[C@@]23CN(CC(N)=O)C(=O)[C@@H]2[C@H](C(=O)OCc2ccccc2)[C@]1(C)O3. The Labute approximate surface area is 157 Å². The molecule has 1 spiro atoms. The zero-order valence-electron chi connectivity index (χ0n) is 15.3. The van der Waals surface area contributed by atoms with Gasteiger partial charge in [-0.3, -0.25) is 14.4 Å². The normalized spacial score (nSPS) is 33.8. The van der Waals surface area contributed by atoms with E-state index in [1.54, 1.807) is 0 Å². The molecule has 3 aliphatic rings. The average Bonchev–Trinajstić information content (AvgIpc) is 3.12. The van der Waals surface area contributed by atoms with Crippen LogP contribution in [0.1, 0.15) is 19.4 Å². The summed E-state index contributed by atoms with van der Waals surface area (Å²) >= 11 is 0. The first-order chi connectivity index (χ1) is 12.8. The summed E-state index contributed by atoms with van der Waals surface area (Å²) in [5, 5.41) is 0. The molecule has 2 amide bonds. The van der Waals surface area contributed by atoms with Gasteiger partial charge in [-0.2, -0.15) is 0 Å². The molecular weight excluding hydrogens is 348 g/mol. The maximum absolute atomic E-state index is 13.0. The molecule has 27 heavy (non-hydrogen) atoms. The van der Waals surface area contributed by atoms with Crippen molar-refractivity contribution in [3.8, 4) is 0 Å². The number of carbonyl (C=O) groups is 3. The maximum atomic E-state index is 13.0. The van der Waals surface area contributed by atoms with Crippen molar-refractivity contribution in [3.05, 3.63) is 47.5 Å². The molecule has 4 atom stereocenters. The van der Waals surface area contributed by atoms with Crippen LogP contribution in [0.5, 0.6) is 0 Å². The van der Waals surface area contributed by atoms with E-state index in [0.717, 1.165) is 11.1 Å². The first kappa shape index (κ1) is 17.7. The number of rotatable bonds is 5. The molecule has 0 saturated carbocycles. The second-order valence-corrected chi connectivity index (χ2v) is 7.70. The van der Waals surface area contributed by atoms with Crippen LogP contribution < -0.4 is 5.73 Å². The molecule has 4 rings (SSSR count). The summed E-state index contributed by atoms with van der Waals surface area (Å²) < 4.78 is 11.8. The molecule has 7 nitrogen and oxygen atoms in total. The van der Waals surface area contributed by atoms with Crippen LogP contribution in [0.25, 0.3) is 0 Å². The van der Waals surface area contributed by atoms with Gasteiger partial charge >= 0.3 is 5.97 Å². The Hall–Kier alpha value is -2.67. The first-order valence-corrected chi connectivity index (χ1v) is 8.94. The van der Waals surface area contributed by atoms with E-state index in [1.165, 1.54) is 4.90 Å². The van der Waals surface area contributed by atoms with Gasteiger partial charge < -0.3 is 20.1 Å². The van der Waals surface area contributed by atoms with Gasteiger partial charge in [-0.05, 0) is 31.1 Å². The van der Waals surface area contributed by atoms with E-state index in [1.807, 2.05) is 50.3 Å². The molecule has 0 unspecified atom stereocenters. The molecule has 2 N–H and O–H groups in total. The van der Waals surface area contributed by atoms with E-state index in [-0.39, 0.29) is 25.6 Å². The molecule has 2 saturated heterocycles. The maximum Gasteiger partial charge on any atom is 0.313 e. The van der Waals surface area contributed by atoms with Crippen molar-refractivity contribution >= 4 is 17.8 Å². The Morgan fingerprint density at radius 3 is 2.70 bits per heavy atom. The fourth-order valence-electron chi connectivity index (χ4n) is 4.68. The lowest BCUT2D eigenvalue weighted by Gasteiger charge is -2.31. The lowest BCUT2D eigenvalue weighted by molar-refractivity contribution is -0.158. The third-order valence-corrected chi connectivity index (χ3v) is 5.94. The number of hydrogen-bond donors (Lipinski definition) is 1. The molecule has 2 bridgehead atoms. The molecule has 1 aromatic rings. The van der Waals surface area contributed by atoms with Crippen LogP contribution in [0, 0.1) is 11.8 Å². The summed E-state index contributed by atoms with van der Waals surface area (Å²) in [6.07, 6.45) is 1.91. The summed E-state index contributed by atoms with van der Waals surface area (Å²) in [6.45, 7) is 3.88. The van der Waals surface area contributed by atoms with Crippen molar-refractivity contribution in [1.29, 1.82) is 0 Å². The van der Waals surface area contributed by atoms with Gasteiger partial charge in [-0.15, -0.1) is 0 Å². The van der Waals surface area contributed by atoms with Crippen molar-refractivity contribution in [3.63, 3.8) is 0 Å². The third kappa shape index (κ3) is 2.56. The number of primary amides is 1. The van der Waals surface area contributed by atoms with E-state index in [4.69, 9.17) is 15.2 Å². The van der Waals surface area contributed by atoms with Gasteiger partial charge in [0.05, 0.1) is 19.0 Å². The minimum absolute atomic E-state index is 0.133. The van der Waals surface area contributed by atoms with Gasteiger partial charge in [0.2, 0.25) is 11.8 Å². The number of likely N-dealkylation sites (tertiary alicyclic amines) is 1. The molecule has 0 aromatic heterocycles. The van der Waals surface area contributed by atoms with Crippen molar-refractivity contribution in [2.75, 3.05) is 13.1 Å². The molecule has 1 aromatic carbocycles. The van der Waals surface area contributed by atoms with Crippen LogP contribution in [-0.4, -0.2) is 47.0 Å². The number of benzene rings is 1. The van der Waals surface area contributed by atoms with Crippen LogP contribution in [0.2, 0.25) is 0 Å². The lowest BCUT2D eigenvalue weighted by atomic mass is 9.69. The van der Waals surface area contributed by atoms with Crippen LogP contribution in [0.4, 0.5) is 0 Å². The van der Waals surface area contributed by atoms with Crippen LogP contribution in [0.15, 0.2) is 42.0 Å². The third-order valence-electron chi connectivity index (χ3n) is 5.94. The Kier molecular flexibility index (Phi) is 3.89. The Morgan fingerprint density at radius 2 is 2.04 bits per heavy atom. The molecule has 0 aliphatic carbocycles. The summed E-state index contributed by atoms with van der Waals surface area (Å²) in [4.78, 5) is 38.6. The highest BCUT2D eigenvalue weighted by molar-refractivity contribution is 5.94. The topological polar surface area (TPSA) is 98.9 Å². The zero-order chi connectivity index (χ0) is 19.4. The zero-order valence-corrected chi connectivity index (χ0v) is 15.3. The van der Waals surface area contributed by atoms with Gasteiger partial charge in [-0.25, -0.2) is 0 Å². The van der Waals surface area contributed by atoms with Gasteiger partial charge in [0.15, 0.2) is 0 Å². The molecule has 0 radical (unpaired) electrons. The summed E-state index contributed by atoms with van der Waals surface area (Å²) in [7, 11) is 0. The molecular formula is C20H22N2O5. The number of nitrogens with zero attached hydrogens (tertiary/aromatic N) is 1. The van der Waals surface area contributed by atoms with Crippen molar-refractivity contribution in [2.45, 2.75) is 31.7 Å². The second kappa shape index (κ2) is 5.92. The Bertz CT molecular complexity index is 851. The summed E-state index contributed by atoms with van der Waals surface area (Å²) in [6, 6.07) is 9.37. The fraction of sp³-hybridized carbons (Fsp3) is 0.450. The lowest BCUT2D eigenvalue weighted by Crippen LogP contribution is -2.46. The molecule has 7 heteroatoms. The number of esters is 1. The number of carbonyl (C=O) groups excluding carboxylic acids is 3. The van der Waals surface area contributed by atoms with E-state index in [0.29, 0.717) is 0 Å². The largest absolute Gasteiger partial charge is 0.460 e. The highest BCUT2D eigenvalue weighted by atomic mass is 16.6.